The van der Waals surface area contributed by atoms with E-state index in [-0.39, 0.29) is 11.6 Å². The van der Waals surface area contributed by atoms with E-state index in [1.165, 1.54) is 11.8 Å². The van der Waals surface area contributed by atoms with Crippen molar-refractivity contribution in [3.05, 3.63) is 46.4 Å². The number of hydrogen-bond acceptors (Lipinski definition) is 4. The number of hydrogen-bond donors (Lipinski definition) is 1. The lowest BCUT2D eigenvalue weighted by atomic mass is 10.1. The molecular weight excluding hydrogens is 324 g/mol. The van der Waals surface area contributed by atoms with Crippen molar-refractivity contribution in [1.82, 2.24) is 19.7 Å². The van der Waals surface area contributed by atoms with Crippen LogP contribution in [-0.4, -0.2) is 38.7 Å². The van der Waals surface area contributed by atoms with Crippen LogP contribution >= 0.6 is 11.8 Å². The minimum Gasteiger partial charge on any atom is -0.342 e. The van der Waals surface area contributed by atoms with Crippen LogP contribution in [0.5, 0.6) is 0 Å². The molecule has 0 saturated heterocycles. The molecule has 0 unspecified atom stereocenters. The number of carbonyl (C=O) groups is 1. The second-order valence-electron chi connectivity index (χ2n) is 5.38. The standard InChI is InChI=1S/C17H24N4O2S/c1-4-12-21-16(23)18-19-17(21)24-14(13-10-8-7-9-11-13)15(22)20(5-2)6-3/h7-11,14H,4-6,12H2,1-3H3,(H,18,23)/t14-/m0/s1. The number of amides is 1. The Morgan fingerprint density at radius 2 is 1.92 bits per heavy atom. The van der Waals surface area contributed by atoms with Crippen LogP contribution in [0.4, 0.5) is 0 Å². The van der Waals surface area contributed by atoms with Crippen molar-refractivity contribution in [2.45, 2.75) is 44.1 Å². The van der Waals surface area contributed by atoms with Gasteiger partial charge in [0.1, 0.15) is 5.25 Å². The number of nitrogens with one attached hydrogen (secondary N) is 1. The lowest BCUT2D eigenvalue weighted by molar-refractivity contribution is -0.130. The van der Waals surface area contributed by atoms with Gasteiger partial charge in [-0.05, 0) is 25.8 Å². The van der Waals surface area contributed by atoms with Gasteiger partial charge in [-0.2, -0.15) is 0 Å². The normalized spacial score (nSPS) is 12.1. The highest BCUT2D eigenvalue weighted by atomic mass is 32.2. The van der Waals surface area contributed by atoms with E-state index in [2.05, 4.69) is 10.2 Å². The van der Waals surface area contributed by atoms with Crippen LogP contribution in [0.15, 0.2) is 40.3 Å². The Kier molecular flexibility index (Phi) is 6.66. The smallest absolute Gasteiger partial charge is 0.342 e. The molecular formula is C17H24N4O2S. The number of aromatic nitrogens is 3. The van der Waals surface area contributed by atoms with E-state index in [9.17, 15) is 9.59 Å². The highest BCUT2D eigenvalue weighted by Gasteiger charge is 2.27. The fourth-order valence-electron chi connectivity index (χ4n) is 2.51. The molecule has 0 aliphatic rings. The number of aromatic amines is 1. The number of carbonyl (C=O) groups excluding carboxylic acids is 1. The van der Waals surface area contributed by atoms with Crippen LogP contribution in [0.3, 0.4) is 0 Å². The molecule has 0 radical (unpaired) electrons. The van der Waals surface area contributed by atoms with E-state index in [1.54, 1.807) is 9.47 Å². The Morgan fingerprint density at radius 1 is 1.25 bits per heavy atom. The average molecular weight is 348 g/mol. The molecule has 2 aromatic rings. The molecule has 130 valence electrons. The molecule has 1 aromatic carbocycles. The maximum atomic E-state index is 13.0. The van der Waals surface area contributed by atoms with Crippen LogP contribution in [0.2, 0.25) is 0 Å². The number of nitrogens with zero attached hydrogens (tertiary/aromatic N) is 3. The van der Waals surface area contributed by atoms with Gasteiger partial charge in [-0.25, -0.2) is 9.89 Å². The van der Waals surface area contributed by atoms with Gasteiger partial charge in [0, 0.05) is 19.6 Å². The summed E-state index contributed by atoms with van der Waals surface area (Å²) in [6.45, 7) is 7.83. The summed E-state index contributed by atoms with van der Waals surface area (Å²) >= 11 is 1.33. The fraction of sp³-hybridized carbons (Fsp3) is 0.471. The summed E-state index contributed by atoms with van der Waals surface area (Å²) in [6, 6.07) is 9.64. The Labute approximate surface area is 146 Å². The number of likely N-dealkylation sites (N-methyl/N-ethyl adjacent to an activating group) is 1. The van der Waals surface area contributed by atoms with Crippen LogP contribution in [0.1, 0.15) is 38.0 Å². The Morgan fingerprint density at radius 3 is 2.50 bits per heavy atom. The molecule has 0 bridgehead atoms. The lowest BCUT2D eigenvalue weighted by Gasteiger charge is -2.24. The molecule has 1 N–H and O–H groups in total. The van der Waals surface area contributed by atoms with Gasteiger partial charge < -0.3 is 4.90 Å². The van der Waals surface area contributed by atoms with Crippen LogP contribution in [0, 0.1) is 0 Å². The summed E-state index contributed by atoms with van der Waals surface area (Å²) in [5.41, 5.74) is 0.680. The number of rotatable bonds is 8. The van der Waals surface area contributed by atoms with Gasteiger partial charge in [0.25, 0.3) is 0 Å². The first-order valence-electron chi connectivity index (χ1n) is 8.27. The summed E-state index contributed by atoms with van der Waals surface area (Å²) in [5, 5.41) is 6.73. The molecule has 7 heteroatoms. The van der Waals surface area contributed by atoms with Crippen LogP contribution in [0.25, 0.3) is 0 Å². The predicted molar refractivity (Wildman–Crippen MR) is 96.1 cm³/mol. The van der Waals surface area contributed by atoms with E-state index in [0.717, 1.165) is 12.0 Å². The van der Waals surface area contributed by atoms with Gasteiger partial charge in [-0.3, -0.25) is 9.36 Å². The zero-order valence-electron chi connectivity index (χ0n) is 14.4. The molecule has 0 aliphatic carbocycles. The van der Waals surface area contributed by atoms with E-state index >= 15 is 0 Å². The van der Waals surface area contributed by atoms with Crippen molar-refractivity contribution in [1.29, 1.82) is 0 Å². The SMILES string of the molecule is CCCn1c(S[C@H](C(=O)N(CC)CC)c2ccccc2)n[nH]c1=O. The van der Waals surface area contributed by atoms with Crippen molar-refractivity contribution in [2.75, 3.05) is 13.1 Å². The molecule has 1 amide bonds. The van der Waals surface area contributed by atoms with Crippen molar-refractivity contribution in [3.8, 4) is 0 Å². The molecule has 1 heterocycles. The third-order valence-electron chi connectivity index (χ3n) is 3.80. The van der Waals surface area contributed by atoms with Crippen molar-refractivity contribution < 1.29 is 4.79 Å². The number of H-pyrrole nitrogens is 1. The van der Waals surface area contributed by atoms with Gasteiger partial charge in [-0.15, -0.1) is 5.10 Å². The zero-order chi connectivity index (χ0) is 17.5. The summed E-state index contributed by atoms with van der Waals surface area (Å²) in [5.74, 6) is 0.0368. The average Bonchev–Trinajstić information content (AvgIpc) is 2.95. The Balaban J connectivity index is 2.37. The molecule has 2 rings (SSSR count). The topological polar surface area (TPSA) is 71.0 Å². The molecule has 0 saturated carbocycles. The van der Waals surface area contributed by atoms with Crippen molar-refractivity contribution in [3.63, 3.8) is 0 Å². The van der Waals surface area contributed by atoms with Crippen molar-refractivity contribution >= 4 is 17.7 Å². The van der Waals surface area contributed by atoms with E-state index in [1.807, 2.05) is 51.1 Å². The molecule has 1 atom stereocenters. The van der Waals surface area contributed by atoms with Gasteiger partial charge in [0.15, 0.2) is 5.16 Å². The number of benzene rings is 1. The van der Waals surface area contributed by atoms with Gasteiger partial charge in [0.05, 0.1) is 0 Å². The Hall–Kier alpha value is -2.02. The highest BCUT2D eigenvalue weighted by molar-refractivity contribution is 8.00. The van der Waals surface area contributed by atoms with E-state index in [4.69, 9.17) is 0 Å². The molecule has 0 fully saturated rings. The van der Waals surface area contributed by atoms with Crippen LogP contribution < -0.4 is 5.69 Å². The largest absolute Gasteiger partial charge is 0.343 e. The summed E-state index contributed by atoms with van der Waals surface area (Å²) < 4.78 is 1.59. The van der Waals surface area contributed by atoms with Gasteiger partial charge >= 0.3 is 5.69 Å². The van der Waals surface area contributed by atoms with E-state index in [0.29, 0.717) is 24.8 Å². The minimum absolute atomic E-state index is 0.0368. The maximum Gasteiger partial charge on any atom is 0.343 e. The molecule has 0 spiro atoms. The zero-order valence-corrected chi connectivity index (χ0v) is 15.2. The van der Waals surface area contributed by atoms with E-state index < -0.39 is 5.25 Å². The number of thioether (sulfide) groups is 1. The summed E-state index contributed by atoms with van der Waals surface area (Å²) in [6.07, 6.45) is 0.826. The maximum absolute atomic E-state index is 13.0. The highest BCUT2D eigenvalue weighted by Crippen LogP contribution is 2.35. The molecule has 0 aliphatic heterocycles. The monoisotopic (exact) mass is 348 g/mol. The Bertz CT molecular complexity index is 707. The second kappa shape index (κ2) is 8.73. The third-order valence-corrected chi connectivity index (χ3v) is 5.03. The second-order valence-corrected chi connectivity index (χ2v) is 6.45. The molecule has 24 heavy (non-hydrogen) atoms. The fourth-order valence-corrected chi connectivity index (χ4v) is 3.66. The van der Waals surface area contributed by atoms with Gasteiger partial charge in [0.2, 0.25) is 5.91 Å². The predicted octanol–water partition coefficient (Wildman–Crippen LogP) is 2.68. The molecule has 6 nitrogen and oxygen atoms in total. The van der Waals surface area contributed by atoms with Gasteiger partial charge in [-0.1, -0.05) is 49.0 Å². The first kappa shape index (κ1) is 18.3. The van der Waals surface area contributed by atoms with Crippen molar-refractivity contribution in [2.24, 2.45) is 0 Å². The third kappa shape index (κ3) is 4.08. The quantitative estimate of drug-likeness (QED) is 0.745. The minimum atomic E-state index is -0.420. The summed E-state index contributed by atoms with van der Waals surface area (Å²) in [7, 11) is 0. The lowest BCUT2D eigenvalue weighted by Crippen LogP contribution is -2.34. The first-order chi connectivity index (χ1) is 11.6. The first-order valence-corrected chi connectivity index (χ1v) is 9.15. The van der Waals surface area contributed by atoms with Crippen LogP contribution in [-0.2, 0) is 11.3 Å². The molecule has 1 aromatic heterocycles. The summed E-state index contributed by atoms with van der Waals surface area (Å²) in [4.78, 5) is 26.7.